The number of rotatable bonds is 4. The maximum absolute atomic E-state index is 6.56. The van der Waals surface area contributed by atoms with Crippen molar-refractivity contribution in [3.05, 3.63) is 22.2 Å². The highest BCUT2D eigenvalue weighted by Crippen LogP contribution is 2.50. The summed E-state index contributed by atoms with van der Waals surface area (Å²) in [6, 6.07) is 3.97. The van der Waals surface area contributed by atoms with Gasteiger partial charge in [0, 0.05) is 15.6 Å². The number of ether oxygens (including phenoxy) is 2. The lowest BCUT2D eigenvalue weighted by molar-refractivity contribution is 0.181. The predicted molar refractivity (Wildman–Crippen MR) is 83.3 cm³/mol. The second kappa shape index (κ2) is 5.57. The fourth-order valence-corrected chi connectivity index (χ4v) is 3.97. The average molecular weight is 340 g/mol. The summed E-state index contributed by atoms with van der Waals surface area (Å²) >= 11 is 3.65. The van der Waals surface area contributed by atoms with Gasteiger partial charge in [-0.3, -0.25) is 0 Å². The maximum Gasteiger partial charge on any atom is 0.167 e. The van der Waals surface area contributed by atoms with E-state index in [1.54, 1.807) is 7.11 Å². The lowest BCUT2D eigenvalue weighted by Crippen LogP contribution is -2.44. The van der Waals surface area contributed by atoms with Gasteiger partial charge in [0.25, 0.3) is 0 Å². The lowest BCUT2D eigenvalue weighted by atomic mass is 9.72. The molecule has 0 spiro atoms. The second-order valence-electron chi connectivity index (χ2n) is 5.99. The van der Waals surface area contributed by atoms with Gasteiger partial charge in [-0.1, -0.05) is 15.9 Å². The summed E-state index contributed by atoms with van der Waals surface area (Å²) in [6.07, 6.45) is 8.29. The van der Waals surface area contributed by atoms with Crippen LogP contribution in [0.1, 0.15) is 50.5 Å². The Labute approximate surface area is 129 Å². The third-order valence-corrected chi connectivity index (χ3v) is 5.28. The molecule has 2 saturated carbocycles. The molecule has 110 valence electrons. The zero-order valence-electron chi connectivity index (χ0n) is 12.0. The van der Waals surface area contributed by atoms with Crippen LogP contribution in [-0.4, -0.2) is 13.2 Å². The molecule has 3 rings (SSSR count). The van der Waals surface area contributed by atoms with Gasteiger partial charge >= 0.3 is 0 Å². The summed E-state index contributed by atoms with van der Waals surface area (Å²) in [7, 11) is 1.69. The van der Waals surface area contributed by atoms with Crippen molar-refractivity contribution in [3.8, 4) is 11.5 Å². The molecular formula is C16H22BrNO2. The van der Waals surface area contributed by atoms with E-state index in [0.717, 1.165) is 47.2 Å². The van der Waals surface area contributed by atoms with Crippen molar-refractivity contribution in [3.63, 3.8) is 0 Å². The summed E-state index contributed by atoms with van der Waals surface area (Å²) < 4.78 is 12.8. The lowest BCUT2D eigenvalue weighted by Gasteiger charge is -2.40. The smallest absolute Gasteiger partial charge is 0.167 e. The van der Waals surface area contributed by atoms with E-state index in [4.69, 9.17) is 15.2 Å². The van der Waals surface area contributed by atoms with Gasteiger partial charge in [0.2, 0.25) is 0 Å². The van der Waals surface area contributed by atoms with Crippen LogP contribution in [0.25, 0.3) is 0 Å². The molecule has 0 saturated heterocycles. The van der Waals surface area contributed by atoms with E-state index >= 15 is 0 Å². The molecule has 0 aromatic heterocycles. The Kier molecular flexibility index (Phi) is 3.95. The van der Waals surface area contributed by atoms with E-state index in [2.05, 4.69) is 15.9 Å². The monoisotopic (exact) mass is 339 g/mol. The van der Waals surface area contributed by atoms with E-state index in [9.17, 15) is 0 Å². The van der Waals surface area contributed by atoms with Crippen molar-refractivity contribution >= 4 is 15.9 Å². The van der Waals surface area contributed by atoms with Crippen LogP contribution in [0.2, 0.25) is 0 Å². The van der Waals surface area contributed by atoms with Gasteiger partial charge in [-0.2, -0.15) is 0 Å². The van der Waals surface area contributed by atoms with Crippen LogP contribution in [0.3, 0.4) is 0 Å². The summed E-state index contributed by atoms with van der Waals surface area (Å²) in [4.78, 5) is 0. The zero-order chi connectivity index (χ0) is 14.2. The van der Waals surface area contributed by atoms with Gasteiger partial charge in [-0.15, -0.1) is 0 Å². The van der Waals surface area contributed by atoms with Gasteiger partial charge < -0.3 is 15.2 Å². The third-order valence-electron chi connectivity index (χ3n) is 4.62. The van der Waals surface area contributed by atoms with Crippen LogP contribution in [-0.2, 0) is 5.54 Å². The molecule has 3 nitrogen and oxygen atoms in total. The molecule has 0 bridgehead atoms. The molecule has 2 aliphatic carbocycles. The van der Waals surface area contributed by atoms with E-state index in [1.165, 1.54) is 19.3 Å². The number of benzene rings is 1. The number of hydrogen-bond donors (Lipinski definition) is 1. The Bertz CT molecular complexity index is 493. The van der Waals surface area contributed by atoms with Crippen LogP contribution in [0.15, 0.2) is 16.6 Å². The summed E-state index contributed by atoms with van der Waals surface area (Å²) in [5, 5.41) is 0. The number of nitrogens with two attached hydrogens (primary N) is 1. The SMILES string of the molecule is COc1ccc(Br)c(C2(N)CCC2)c1OC1CCCC1. The minimum absolute atomic E-state index is 0.263. The molecular weight excluding hydrogens is 318 g/mol. The van der Waals surface area contributed by atoms with Crippen LogP contribution < -0.4 is 15.2 Å². The maximum atomic E-state index is 6.56. The highest BCUT2D eigenvalue weighted by Gasteiger charge is 2.40. The Morgan fingerprint density at radius 2 is 1.90 bits per heavy atom. The first-order chi connectivity index (χ1) is 9.64. The van der Waals surface area contributed by atoms with Gasteiger partial charge in [-0.05, 0) is 57.1 Å². The molecule has 2 fully saturated rings. The van der Waals surface area contributed by atoms with Gasteiger partial charge in [0.15, 0.2) is 11.5 Å². The number of methoxy groups -OCH3 is 1. The molecule has 1 aromatic rings. The Morgan fingerprint density at radius 3 is 2.45 bits per heavy atom. The van der Waals surface area contributed by atoms with Crippen LogP contribution in [0.4, 0.5) is 0 Å². The molecule has 4 heteroatoms. The van der Waals surface area contributed by atoms with Gasteiger partial charge in [0.1, 0.15) is 0 Å². The molecule has 0 atom stereocenters. The Balaban J connectivity index is 2.01. The van der Waals surface area contributed by atoms with Gasteiger partial charge in [-0.25, -0.2) is 0 Å². The zero-order valence-corrected chi connectivity index (χ0v) is 13.5. The van der Waals surface area contributed by atoms with Crippen LogP contribution in [0, 0.1) is 0 Å². The molecule has 0 radical (unpaired) electrons. The van der Waals surface area contributed by atoms with Crippen molar-refractivity contribution in [2.75, 3.05) is 7.11 Å². The summed E-state index contributed by atoms with van der Waals surface area (Å²) in [6.45, 7) is 0. The van der Waals surface area contributed by atoms with E-state index in [-0.39, 0.29) is 5.54 Å². The highest BCUT2D eigenvalue weighted by molar-refractivity contribution is 9.10. The number of halogens is 1. The normalized spacial score (nSPS) is 21.6. The summed E-state index contributed by atoms with van der Waals surface area (Å²) in [5.41, 5.74) is 7.39. The minimum Gasteiger partial charge on any atom is -0.493 e. The largest absolute Gasteiger partial charge is 0.493 e. The molecule has 2 N–H and O–H groups in total. The minimum atomic E-state index is -0.263. The van der Waals surface area contributed by atoms with E-state index < -0.39 is 0 Å². The average Bonchev–Trinajstić information content (AvgIpc) is 2.90. The van der Waals surface area contributed by atoms with Gasteiger partial charge in [0.05, 0.1) is 13.2 Å². The first-order valence-corrected chi connectivity index (χ1v) is 8.26. The van der Waals surface area contributed by atoms with E-state index in [1.807, 2.05) is 12.1 Å². The molecule has 20 heavy (non-hydrogen) atoms. The quantitative estimate of drug-likeness (QED) is 0.897. The standard InChI is InChI=1S/C16H22BrNO2/c1-19-13-8-7-12(17)14(16(18)9-4-10-16)15(13)20-11-5-2-3-6-11/h7-8,11H,2-6,9-10,18H2,1H3. The molecule has 0 aliphatic heterocycles. The predicted octanol–water partition coefficient (Wildman–Crippen LogP) is 4.12. The number of hydrogen-bond acceptors (Lipinski definition) is 3. The first-order valence-electron chi connectivity index (χ1n) is 7.46. The molecule has 0 amide bonds. The fraction of sp³-hybridized carbons (Fsp3) is 0.625. The van der Waals surface area contributed by atoms with Crippen LogP contribution in [0.5, 0.6) is 11.5 Å². The topological polar surface area (TPSA) is 44.5 Å². The van der Waals surface area contributed by atoms with Crippen molar-refractivity contribution < 1.29 is 9.47 Å². The Hall–Kier alpha value is -0.740. The van der Waals surface area contributed by atoms with Crippen molar-refractivity contribution in [1.82, 2.24) is 0 Å². The molecule has 0 unspecified atom stereocenters. The summed E-state index contributed by atoms with van der Waals surface area (Å²) in [5.74, 6) is 1.66. The fourth-order valence-electron chi connectivity index (χ4n) is 3.26. The molecule has 1 aromatic carbocycles. The van der Waals surface area contributed by atoms with Crippen molar-refractivity contribution in [2.24, 2.45) is 5.73 Å². The third kappa shape index (κ3) is 2.44. The van der Waals surface area contributed by atoms with E-state index in [0.29, 0.717) is 6.10 Å². The molecule has 2 aliphatic rings. The Morgan fingerprint density at radius 1 is 1.20 bits per heavy atom. The van der Waals surface area contributed by atoms with Crippen molar-refractivity contribution in [2.45, 2.75) is 56.6 Å². The second-order valence-corrected chi connectivity index (χ2v) is 6.84. The molecule has 0 heterocycles. The first kappa shape index (κ1) is 14.2. The highest BCUT2D eigenvalue weighted by atomic mass is 79.9. The van der Waals surface area contributed by atoms with Crippen LogP contribution >= 0.6 is 15.9 Å². The van der Waals surface area contributed by atoms with Crippen molar-refractivity contribution in [1.29, 1.82) is 0 Å².